The highest BCUT2D eigenvalue weighted by molar-refractivity contribution is 5.78. The van der Waals surface area contributed by atoms with Crippen LogP contribution in [0.1, 0.15) is 39.0 Å². The predicted octanol–water partition coefficient (Wildman–Crippen LogP) is 1.95. The summed E-state index contributed by atoms with van der Waals surface area (Å²) in [6.45, 7) is 2.24. The molecule has 0 saturated heterocycles. The van der Waals surface area contributed by atoms with Gasteiger partial charge in [0.05, 0.1) is 0 Å². The van der Waals surface area contributed by atoms with Crippen LogP contribution in [0.2, 0.25) is 0 Å². The van der Waals surface area contributed by atoms with Crippen molar-refractivity contribution < 1.29 is 4.79 Å². The summed E-state index contributed by atoms with van der Waals surface area (Å²) in [6, 6.07) is 0. The molecule has 0 aromatic carbocycles. The molecule has 1 aliphatic rings. The van der Waals surface area contributed by atoms with Crippen LogP contribution in [0, 0.1) is 11.8 Å². The molecule has 0 aliphatic heterocycles. The van der Waals surface area contributed by atoms with Crippen molar-refractivity contribution in [1.29, 1.82) is 0 Å². The second-order valence-electron chi connectivity index (χ2n) is 3.74. The largest absolute Gasteiger partial charge is 0.359 e. The van der Waals surface area contributed by atoms with Crippen LogP contribution in [-0.2, 0) is 4.79 Å². The molecule has 70 valence electrons. The number of carbonyl (C=O) groups is 1. The van der Waals surface area contributed by atoms with Gasteiger partial charge in [-0.1, -0.05) is 13.3 Å². The number of amides is 1. The molecule has 0 aromatic heterocycles. The van der Waals surface area contributed by atoms with Gasteiger partial charge in [-0.2, -0.15) is 0 Å². The Bertz CT molecular complexity index is 148. The fraction of sp³-hybridized carbons (Fsp3) is 0.900. The Morgan fingerprint density at radius 1 is 1.33 bits per heavy atom. The summed E-state index contributed by atoms with van der Waals surface area (Å²) in [5.74, 6) is 1.42. The zero-order valence-corrected chi connectivity index (χ0v) is 8.10. The normalized spacial score (nSPS) is 29.8. The average Bonchev–Trinajstić information content (AvgIpc) is 2.17. The molecular formula is C10H19NO. The zero-order valence-electron chi connectivity index (χ0n) is 8.10. The van der Waals surface area contributed by atoms with E-state index >= 15 is 0 Å². The van der Waals surface area contributed by atoms with E-state index in [0.717, 1.165) is 18.8 Å². The van der Waals surface area contributed by atoms with Gasteiger partial charge in [0.25, 0.3) is 0 Å². The van der Waals surface area contributed by atoms with Gasteiger partial charge >= 0.3 is 0 Å². The summed E-state index contributed by atoms with van der Waals surface area (Å²) in [6.07, 6.45) is 5.96. The highest BCUT2D eigenvalue weighted by Gasteiger charge is 2.24. The lowest BCUT2D eigenvalue weighted by Crippen LogP contribution is -2.30. The molecule has 0 spiro atoms. The van der Waals surface area contributed by atoms with E-state index in [0.29, 0.717) is 5.92 Å². The van der Waals surface area contributed by atoms with Gasteiger partial charge in [-0.25, -0.2) is 0 Å². The Morgan fingerprint density at radius 2 is 1.92 bits per heavy atom. The molecule has 2 heteroatoms. The van der Waals surface area contributed by atoms with E-state index in [-0.39, 0.29) is 5.91 Å². The maximum absolute atomic E-state index is 11.3. The maximum Gasteiger partial charge on any atom is 0.222 e. The van der Waals surface area contributed by atoms with Gasteiger partial charge in [0.2, 0.25) is 5.91 Å². The third-order valence-corrected chi connectivity index (χ3v) is 3.04. The van der Waals surface area contributed by atoms with Gasteiger partial charge < -0.3 is 5.32 Å². The molecule has 1 rings (SSSR count). The van der Waals surface area contributed by atoms with Gasteiger partial charge in [0.1, 0.15) is 0 Å². The molecular weight excluding hydrogens is 150 g/mol. The summed E-state index contributed by atoms with van der Waals surface area (Å²) in [5.41, 5.74) is 0. The fourth-order valence-corrected chi connectivity index (χ4v) is 2.04. The highest BCUT2D eigenvalue weighted by Crippen LogP contribution is 2.30. The van der Waals surface area contributed by atoms with Crippen LogP contribution < -0.4 is 5.32 Å². The van der Waals surface area contributed by atoms with E-state index in [1.165, 1.54) is 19.3 Å². The molecule has 1 aliphatic carbocycles. The zero-order chi connectivity index (χ0) is 8.97. The third kappa shape index (κ3) is 2.23. The molecule has 1 N–H and O–H groups in total. The first-order valence-corrected chi connectivity index (χ1v) is 4.99. The van der Waals surface area contributed by atoms with E-state index in [1.54, 1.807) is 7.05 Å². The third-order valence-electron chi connectivity index (χ3n) is 3.04. The van der Waals surface area contributed by atoms with Gasteiger partial charge in [-0.05, 0) is 31.6 Å². The van der Waals surface area contributed by atoms with Gasteiger partial charge in [0.15, 0.2) is 0 Å². The molecule has 12 heavy (non-hydrogen) atoms. The summed E-state index contributed by atoms with van der Waals surface area (Å²) >= 11 is 0. The van der Waals surface area contributed by atoms with Crippen molar-refractivity contribution >= 4 is 5.91 Å². The molecule has 0 bridgehead atoms. The van der Waals surface area contributed by atoms with Crippen molar-refractivity contribution in [1.82, 2.24) is 5.32 Å². The van der Waals surface area contributed by atoms with Crippen molar-refractivity contribution in [3.8, 4) is 0 Å². The number of hydrogen-bond acceptors (Lipinski definition) is 1. The number of rotatable bonds is 2. The Hall–Kier alpha value is -0.530. The first kappa shape index (κ1) is 9.56. The molecule has 2 nitrogen and oxygen atoms in total. The Labute approximate surface area is 74.7 Å². The second kappa shape index (κ2) is 4.48. The number of hydrogen-bond donors (Lipinski definition) is 1. The van der Waals surface area contributed by atoms with Gasteiger partial charge in [-0.15, -0.1) is 0 Å². The van der Waals surface area contributed by atoms with Crippen LogP contribution in [0.4, 0.5) is 0 Å². The fourth-order valence-electron chi connectivity index (χ4n) is 2.04. The van der Waals surface area contributed by atoms with Crippen molar-refractivity contribution in [3.63, 3.8) is 0 Å². The Balaban J connectivity index is 2.30. The van der Waals surface area contributed by atoms with Crippen molar-refractivity contribution in [2.24, 2.45) is 11.8 Å². The molecule has 0 aromatic rings. The Kier molecular flexibility index (Phi) is 3.57. The van der Waals surface area contributed by atoms with Crippen LogP contribution >= 0.6 is 0 Å². The van der Waals surface area contributed by atoms with E-state index in [9.17, 15) is 4.79 Å². The lowest BCUT2D eigenvalue weighted by Gasteiger charge is -2.26. The van der Waals surface area contributed by atoms with Crippen molar-refractivity contribution in [2.75, 3.05) is 7.05 Å². The van der Waals surface area contributed by atoms with E-state index in [1.807, 2.05) is 0 Å². The van der Waals surface area contributed by atoms with Crippen LogP contribution in [0.15, 0.2) is 0 Å². The van der Waals surface area contributed by atoms with Crippen LogP contribution in [0.5, 0.6) is 0 Å². The first-order chi connectivity index (χ1) is 5.77. The average molecular weight is 169 g/mol. The van der Waals surface area contributed by atoms with Crippen molar-refractivity contribution in [2.45, 2.75) is 39.0 Å². The maximum atomic E-state index is 11.3. The van der Waals surface area contributed by atoms with Gasteiger partial charge in [0, 0.05) is 13.0 Å². The molecule has 0 atom stereocenters. The molecule has 1 amide bonds. The minimum Gasteiger partial charge on any atom is -0.359 e. The van der Waals surface area contributed by atoms with Crippen LogP contribution in [-0.4, -0.2) is 13.0 Å². The molecule has 0 radical (unpaired) electrons. The summed E-state index contributed by atoms with van der Waals surface area (Å²) < 4.78 is 0. The summed E-state index contributed by atoms with van der Waals surface area (Å²) in [5, 5.41) is 2.73. The topological polar surface area (TPSA) is 29.1 Å². The van der Waals surface area contributed by atoms with E-state index < -0.39 is 0 Å². The smallest absolute Gasteiger partial charge is 0.222 e. The van der Waals surface area contributed by atoms with Crippen LogP contribution in [0.3, 0.4) is 0 Å². The molecule has 0 unspecified atom stereocenters. The Morgan fingerprint density at radius 3 is 2.33 bits per heavy atom. The minimum atomic E-state index is 0.240. The number of carbonyl (C=O) groups excluding carboxylic acids is 1. The van der Waals surface area contributed by atoms with Gasteiger partial charge in [-0.3, -0.25) is 4.79 Å². The minimum absolute atomic E-state index is 0.240. The molecule has 1 fully saturated rings. The molecule has 1 saturated carbocycles. The van der Waals surface area contributed by atoms with E-state index in [4.69, 9.17) is 0 Å². The van der Waals surface area contributed by atoms with Crippen LogP contribution in [0.25, 0.3) is 0 Å². The predicted molar refractivity (Wildman–Crippen MR) is 49.8 cm³/mol. The van der Waals surface area contributed by atoms with E-state index in [2.05, 4.69) is 12.2 Å². The monoisotopic (exact) mass is 169 g/mol. The standard InChI is InChI=1S/C10H19NO/c1-3-8-4-6-9(7-5-8)10(12)11-2/h8-9H,3-7H2,1-2H3,(H,11,12). The van der Waals surface area contributed by atoms with Crippen molar-refractivity contribution in [3.05, 3.63) is 0 Å². The first-order valence-electron chi connectivity index (χ1n) is 4.99. The lowest BCUT2D eigenvalue weighted by atomic mass is 9.80. The second-order valence-corrected chi connectivity index (χ2v) is 3.74. The highest BCUT2D eigenvalue weighted by atomic mass is 16.1. The molecule has 0 heterocycles. The summed E-state index contributed by atoms with van der Waals surface area (Å²) in [4.78, 5) is 11.3. The number of nitrogens with one attached hydrogen (secondary N) is 1. The quantitative estimate of drug-likeness (QED) is 0.672. The lowest BCUT2D eigenvalue weighted by molar-refractivity contribution is -0.125. The summed E-state index contributed by atoms with van der Waals surface area (Å²) in [7, 11) is 1.73. The SMILES string of the molecule is CCC1CCC(C(=O)NC)CC1.